The lowest BCUT2D eigenvalue weighted by Gasteiger charge is -2.25. The Balaban J connectivity index is 0.000000241. The summed E-state index contributed by atoms with van der Waals surface area (Å²) in [6.07, 6.45) is 10.9. The van der Waals surface area contributed by atoms with Crippen molar-refractivity contribution in [3.8, 4) is 17.2 Å². The first kappa shape index (κ1) is 49.9. The molecule has 2 heterocycles. The molecule has 14 nitrogen and oxygen atoms in total. The van der Waals surface area contributed by atoms with Gasteiger partial charge in [0.1, 0.15) is 28.3 Å². The number of thiazole rings is 2. The maximum Gasteiger partial charge on any atom is 0.305 e. The molecule has 2 aromatic heterocycles. The van der Waals surface area contributed by atoms with Crippen molar-refractivity contribution in [2.75, 3.05) is 52.6 Å². The lowest BCUT2D eigenvalue weighted by atomic mass is 9.87. The number of nitrogens with zero attached hydrogens (tertiary/aromatic N) is 1. The number of nitro benzene ring substituents is 1. The summed E-state index contributed by atoms with van der Waals surface area (Å²) in [4.78, 5) is 38.5. The average molecular weight is 918 g/mol. The Hall–Kier alpha value is -5.10. The summed E-state index contributed by atoms with van der Waals surface area (Å²) in [5.41, 5.74) is 5.76. The van der Waals surface area contributed by atoms with Gasteiger partial charge in [0.25, 0.3) is 5.69 Å². The molecule has 0 spiro atoms. The molecule has 0 saturated heterocycles. The monoisotopic (exact) mass is 917 g/mol. The van der Waals surface area contributed by atoms with E-state index in [2.05, 4.69) is 34.4 Å². The zero-order chi connectivity index (χ0) is 45.7. The number of aromatic amines is 2. The standard InChI is InChI=1S/C25H34N2O4S.C23H29N3O5S/c1-25(2,13-3-4-15-31-16-12-18-5-8-20(28)9-6-18)17-26-14-11-19-7-10-21(29)22-23(19)32-24(30)27-22;27-20-10-7-18(22-21(20)25-23(28)32-22)11-14-24-13-3-1-2-4-15-31-16-12-17-5-8-19(9-6-17)26(29)30/h5-10,26,28-29H,3-4,11-17H2,1-2H3,(H,27,30);5-10,24,27H,1-4,11-16H2,(H,25,28). The molecule has 16 heteroatoms. The normalized spacial score (nSPS) is 11.6. The van der Waals surface area contributed by atoms with Crippen molar-refractivity contribution < 1.29 is 29.7 Å². The van der Waals surface area contributed by atoms with Crippen LogP contribution in [0.25, 0.3) is 20.4 Å². The number of phenols is 3. The number of H-pyrrole nitrogens is 2. The van der Waals surface area contributed by atoms with Crippen molar-refractivity contribution >= 4 is 48.8 Å². The predicted octanol–water partition coefficient (Wildman–Crippen LogP) is 8.74. The lowest BCUT2D eigenvalue weighted by molar-refractivity contribution is -0.384. The van der Waals surface area contributed by atoms with Gasteiger partial charge in [0.05, 0.1) is 27.5 Å². The van der Waals surface area contributed by atoms with E-state index >= 15 is 0 Å². The Morgan fingerprint density at radius 2 is 1.11 bits per heavy atom. The van der Waals surface area contributed by atoms with Crippen LogP contribution in [0.15, 0.2) is 82.4 Å². The van der Waals surface area contributed by atoms with E-state index in [4.69, 9.17) is 9.47 Å². The number of phenolic OH excluding ortho intramolecular Hbond substituents is 3. The number of nitrogens with one attached hydrogen (secondary N) is 4. The van der Waals surface area contributed by atoms with Crippen LogP contribution < -0.4 is 20.4 Å². The second-order valence-corrected chi connectivity index (χ2v) is 18.7. The minimum absolute atomic E-state index is 0.112. The first-order chi connectivity index (χ1) is 30.9. The van der Waals surface area contributed by atoms with Crippen molar-refractivity contribution in [3.05, 3.63) is 124 Å². The Labute approximate surface area is 381 Å². The summed E-state index contributed by atoms with van der Waals surface area (Å²) < 4.78 is 13.1. The molecule has 0 bridgehead atoms. The van der Waals surface area contributed by atoms with Crippen molar-refractivity contribution in [2.24, 2.45) is 5.41 Å². The fourth-order valence-corrected chi connectivity index (χ4v) is 9.07. The summed E-state index contributed by atoms with van der Waals surface area (Å²) in [7, 11) is 0. The highest BCUT2D eigenvalue weighted by Crippen LogP contribution is 2.29. The van der Waals surface area contributed by atoms with E-state index in [9.17, 15) is 35.0 Å². The largest absolute Gasteiger partial charge is 0.508 e. The van der Waals surface area contributed by atoms with E-state index in [1.807, 2.05) is 24.3 Å². The molecule has 0 aliphatic heterocycles. The molecule has 64 heavy (non-hydrogen) atoms. The highest BCUT2D eigenvalue weighted by molar-refractivity contribution is 7.17. The Morgan fingerprint density at radius 1 is 0.609 bits per heavy atom. The zero-order valence-corrected chi connectivity index (χ0v) is 38.6. The van der Waals surface area contributed by atoms with Gasteiger partial charge in [-0.3, -0.25) is 19.7 Å². The quantitative estimate of drug-likeness (QED) is 0.0147. The lowest BCUT2D eigenvalue weighted by Crippen LogP contribution is -2.30. The number of hydrogen-bond acceptors (Lipinski definition) is 13. The summed E-state index contributed by atoms with van der Waals surface area (Å²) >= 11 is 2.29. The molecule has 4 aromatic carbocycles. The molecular formula is C48H63N5O9S2. The zero-order valence-electron chi connectivity index (χ0n) is 36.9. The minimum Gasteiger partial charge on any atom is -0.508 e. The molecule has 0 amide bonds. The molecule has 0 fully saturated rings. The van der Waals surface area contributed by atoms with Gasteiger partial charge in [-0.05, 0) is 123 Å². The number of fused-ring (bicyclic) bond motifs is 2. The highest BCUT2D eigenvalue weighted by atomic mass is 32.1. The number of unbranched alkanes of at least 4 members (excludes halogenated alkanes) is 4. The maximum absolute atomic E-state index is 11.6. The van der Waals surface area contributed by atoms with E-state index in [-0.39, 0.29) is 32.3 Å². The van der Waals surface area contributed by atoms with Gasteiger partial charge < -0.3 is 45.4 Å². The fraction of sp³-hybridized carbons (Fsp3) is 0.458. The second kappa shape index (κ2) is 26.0. The molecule has 346 valence electrons. The van der Waals surface area contributed by atoms with E-state index in [1.54, 1.807) is 36.4 Å². The minimum atomic E-state index is -0.392. The second-order valence-electron chi connectivity index (χ2n) is 16.7. The number of hydrogen-bond donors (Lipinski definition) is 7. The molecule has 0 saturated carbocycles. The SMILES string of the molecule is CC(C)(CCCCOCCc1ccc(O)cc1)CNCCc1ccc(O)c2[nH]c(=O)sc12.O=c1[nH]c2c(O)ccc(CCNCCCCCCOCCc3ccc([N+](=O)[O-])cc3)c2s1. The van der Waals surface area contributed by atoms with Gasteiger partial charge in [0.2, 0.25) is 0 Å². The van der Waals surface area contributed by atoms with Crippen LogP contribution in [-0.4, -0.2) is 82.8 Å². The third-order valence-corrected chi connectivity index (χ3v) is 12.9. The topological polar surface area (TPSA) is 212 Å². The van der Waals surface area contributed by atoms with Gasteiger partial charge >= 0.3 is 9.75 Å². The first-order valence-corrected chi connectivity index (χ1v) is 23.8. The molecule has 0 unspecified atom stereocenters. The fourth-order valence-electron chi connectivity index (χ4n) is 7.27. The van der Waals surface area contributed by atoms with Crippen LogP contribution in [0, 0.1) is 15.5 Å². The molecule has 0 aliphatic carbocycles. The van der Waals surface area contributed by atoms with Gasteiger partial charge in [-0.15, -0.1) is 0 Å². The van der Waals surface area contributed by atoms with Crippen molar-refractivity contribution in [1.29, 1.82) is 0 Å². The Bertz CT molecular complexity index is 2440. The number of nitro groups is 1. The molecule has 6 aromatic rings. The number of aromatic nitrogens is 2. The van der Waals surface area contributed by atoms with E-state index < -0.39 is 4.92 Å². The Morgan fingerprint density at radius 3 is 1.66 bits per heavy atom. The molecule has 7 N–H and O–H groups in total. The van der Waals surface area contributed by atoms with E-state index in [1.165, 1.54) is 17.7 Å². The molecule has 6 rings (SSSR count). The molecule has 0 aliphatic rings. The smallest absolute Gasteiger partial charge is 0.305 e. The van der Waals surface area contributed by atoms with Crippen molar-refractivity contribution in [1.82, 2.24) is 20.6 Å². The summed E-state index contributed by atoms with van der Waals surface area (Å²) in [6.45, 7) is 10.9. The van der Waals surface area contributed by atoms with Crippen molar-refractivity contribution in [2.45, 2.75) is 84.5 Å². The number of benzene rings is 4. The average Bonchev–Trinajstić information content (AvgIpc) is 3.88. The Kier molecular flexibility index (Phi) is 20.3. The molecule has 0 radical (unpaired) electrons. The highest BCUT2D eigenvalue weighted by Gasteiger charge is 2.17. The predicted molar refractivity (Wildman–Crippen MR) is 258 cm³/mol. The van der Waals surface area contributed by atoms with Crippen LogP contribution in [0.1, 0.15) is 81.0 Å². The van der Waals surface area contributed by atoms with Crippen LogP contribution in [-0.2, 0) is 35.2 Å². The number of non-ortho nitro benzene ring substituents is 1. The maximum atomic E-state index is 11.6. The van der Waals surface area contributed by atoms with Crippen molar-refractivity contribution in [3.63, 3.8) is 0 Å². The van der Waals surface area contributed by atoms with Gasteiger partial charge in [0, 0.05) is 31.9 Å². The van der Waals surface area contributed by atoms with Crippen LogP contribution in [0.4, 0.5) is 5.69 Å². The van der Waals surface area contributed by atoms with E-state index in [0.717, 1.165) is 159 Å². The van der Waals surface area contributed by atoms with Crippen LogP contribution in [0.3, 0.4) is 0 Å². The third kappa shape index (κ3) is 16.8. The van der Waals surface area contributed by atoms with Crippen LogP contribution in [0.5, 0.6) is 17.2 Å². The van der Waals surface area contributed by atoms with Gasteiger partial charge in [-0.2, -0.15) is 0 Å². The molecule has 0 atom stereocenters. The summed E-state index contributed by atoms with van der Waals surface area (Å²) in [5.74, 6) is 0.536. The van der Waals surface area contributed by atoms with Gasteiger partial charge in [-0.25, -0.2) is 0 Å². The summed E-state index contributed by atoms with van der Waals surface area (Å²) in [6, 6.07) is 20.9. The van der Waals surface area contributed by atoms with Gasteiger partial charge in [-0.1, -0.05) is 92.2 Å². The molecular weight excluding hydrogens is 855 g/mol. The number of rotatable bonds is 27. The van der Waals surface area contributed by atoms with Crippen LogP contribution >= 0.6 is 22.7 Å². The summed E-state index contributed by atoms with van der Waals surface area (Å²) in [5, 5.41) is 46.7. The first-order valence-electron chi connectivity index (χ1n) is 22.1. The van der Waals surface area contributed by atoms with Crippen LogP contribution in [0.2, 0.25) is 0 Å². The number of aromatic hydroxyl groups is 3. The third-order valence-electron chi connectivity index (χ3n) is 11.0. The number of ether oxygens (including phenoxy) is 2. The van der Waals surface area contributed by atoms with Gasteiger partial charge in [0.15, 0.2) is 0 Å². The van der Waals surface area contributed by atoms with E-state index in [0.29, 0.717) is 30.0 Å².